The summed E-state index contributed by atoms with van der Waals surface area (Å²) in [6, 6.07) is 7.92. The molecule has 0 bridgehead atoms. The minimum absolute atomic E-state index is 0.519. The van der Waals surface area contributed by atoms with Crippen molar-refractivity contribution in [3.8, 4) is 5.75 Å². The molecule has 0 unspecified atom stereocenters. The van der Waals surface area contributed by atoms with E-state index in [9.17, 15) is 0 Å². The van der Waals surface area contributed by atoms with Gasteiger partial charge in [0.2, 0.25) is 5.79 Å². The summed E-state index contributed by atoms with van der Waals surface area (Å²) in [7, 11) is 0. The van der Waals surface area contributed by atoms with E-state index in [0.29, 0.717) is 19.8 Å². The molecule has 3 nitrogen and oxygen atoms in total. The van der Waals surface area contributed by atoms with Crippen LogP contribution in [0.5, 0.6) is 5.75 Å². The third-order valence-corrected chi connectivity index (χ3v) is 2.74. The van der Waals surface area contributed by atoms with Gasteiger partial charge in [-0.15, -0.1) is 0 Å². The first-order valence-electron chi connectivity index (χ1n) is 4.91. The van der Waals surface area contributed by atoms with Crippen molar-refractivity contribution < 1.29 is 14.2 Å². The summed E-state index contributed by atoms with van der Waals surface area (Å²) in [5.41, 5.74) is 1.03. The largest absolute Gasteiger partial charge is 0.493 e. The molecule has 14 heavy (non-hydrogen) atoms. The van der Waals surface area contributed by atoms with E-state index in [-0.39, 0.29) is 0 Å². The molecule has 2 heterocycles. The van der Waals surface area contributed by atoms with Crippen molar-refractivity contribution in [2.75, 3.05) is 19.8 Å². The van der Waals surface area contributed by atoms with Gasteiger partial charge >= 0.3 is 0 Å². The maximum atomic E-state index is 5.71. The molecule has 0 amide bonds. The maximum absolute atomic E-state index is 5.71. The smallest absolute Gasteiger partial charge is 0.201 e. The highest BCUT2D eigenvalue weighted by Crippen LogP contribution is 2.42. The molecule has 0 aromatic heterocycles. The summed E-state index contributed by atoms with van der Waals surface area (Å²) in [5.74, 6) is 0.370. The minimum atomic E-state index is -0.519. The zero-order valence-corrected chi connectivity index (χ0v) is 7.86. The van der Waals surface area contributed by atoms with Crippen LogP contribution >= 0.6 is 0 Å². The predicted octanol–water partition coefficient (Wildman–Crippen LogP) is 1.67. The number of para-hydroxylation sites is 1. The van der Waals surface area contributed by atoms with Crippen LogP contribution in [0.2, 0.25) is 0 Å². The van der Waals surface area contributed by atoms with Gasteiger partial charge in [-0.25, -0.2) is 0 Å². The second-order valence-corrected chi connectivity index (χ2v) is 3.54. The molecule has 2 aliphatic rings. The van der Waals surface area contributed by atoms with Gasteiger partial charge < -0.3 is 14.2 Å². The van der Waals surface area contributed by atoms with Crippen LogP contribution in [0.3, 0.4) is 0 Å². The average Bonchev–Trinajstić information content (AvgIpc) is 2.68. The summed E-state index contributed by atoms with van der Waals surface area (Å²) in [6.07, 6.45) is 0.782. The molecule has 0 N–H and O–H groups in total. The monoisotopic (exact) mass is 192 g/mol. The number of hydrogen-bond acceptors (Lipinski definition) is 3. The summed E-state index contributed by atoms with van der Waals surface area (Å²) < 4.78 is 17.0. The van der Waals surface area contributed by atoms with Crippen LogP contribution in [0, 0.1) is 0 Å². The van der Waals surface area contributed by atoms with Crippen LogP contribution in [0.15, 0.2) is 24.3 Å². The Hall–Kier alpha value is -1.06. The van der Waals surface area contributed by atoms with Gasteiger partial charge in [-0.1, -0.05) is 12.1 Å². The van der Waals surface area contributed by atoms with Gasteiger partial charge in [0.1, 0.15) is 5.75 Å². The molecule has 0 radical (unpaired) electrons. The van der Waals surface area contributed by atoms with Crippen molar-refractivity contribution in [1.29, 1.82) is 0 Å². The first-order valence-corrected chi connectivity index (χ1v) is 4.91. The fraction of sp³-hybridized carbons (Fsp3) is 0.455. The van der Waals surface area contributed by atoms with E-state index in [4.69, 9.17) is 14.2 Å². The Balaban J connectivity index is 2.10. The summed E-state index contributed by atoms with van der Waals surface area (Å²) in [5, 5.41) is 0. The van der Waals surface area contributed by atoms with Crippen LogP contribution < -0.4 is 4.74 Å². The highest BCUT2D eigenvalue weighted by molar-refractivity contribution is 5.38. The molecule has 3 rings (SSSR count). The van der Waals surface area contributed by atoms with Gasteiger partial charge in [0.15, 0.2) is 0 Å². The van der Waals surface area contributed by atoms with Crippen LogP contribution in [0.25, 0.3) is 0 Å². The van der Waals surface area contributed by atoms with Crippen LogP contribution in [0.4, 0.5) is 0 Å². The highest BCUT2D eigenvalue weighted by Gasteiger charge is 2.42. The second-order valence-electron chi connectivity index (χ2n) is 3.54. The van der Waals surface area contributed by atoms with E-state index in [0.717, 1.165) is 17.7 Å². The van der Waals surface area contributed by atoms with Crippen molar-refractivity contribution in [1.82, 2.24) is 0 Å². The van der Waals surface area contributed by atoms with Gasteiger partial charge in [-0.3, -0.25) is 0 Å². The molecule has 0 atom stereocenters. The molecule has 1 saturated heterocycles. The molecule has 2 aliphatic heterocycles. The molecule has 74 valence electrons. The number of ether oxygens (including phenoxy) is 3. The number of hydrogen-bond donors (Lipinski definition) is 0. The fourth-order valence-corrected chi connectivity index (χ4v) is 2.09. The van der Waals surface area contributed by atoms with E-state index in [1.54, 1.807) is 0 Å². The van der Waals surface area contributed by atoms with Crippen LogP contribution in [-0.4, -0.2) is 19.8 Å². The lowest BCUT2D eigenvalue weighted by atomic mass is 9.99. The number of fused-ring (bicyclic) bond motifs is 2. The zero-order valence-electron chi connectivity index (χ0n) is 7.86. The Morgan fingerprint density at radius 2 is 1.79 bits per heavy atom. The van der Waals surface area contributed by atoms with Crippen molar-refractivity contribution in [2.24, 2.45) is 0 Å². The summed E-state index contributed by atoms with van der Waals surface area (Å²) >= 11 is 0. The van der Waals surface area contributed by atoms with Gasteiger partial charge in [-0.2, -0.15) is 0 Å². The standard InChI is InChI=1S/C11H12O3/c1-2-4-10-9(3-1)11(5-6-12-10)13-7-8-14-11/h1-4H,5-8H2. The van der Waals surface area contributed by atoms with E-state index in [2.05, 4.69) is 0 Å². The van der Waals surface area contributed by atoms with Gasteiger partial charge in [0, 0.05) is 6.42 Å². The first-order chi connectivity index (χ1) is 6.91. The molecule has 1 aromatic carbocycles. The average molecular weight is 192 g/mol. The molecule has 1 spiro atoms. The highest BCUT2D eigenvalue weighted by atomic mass is 16.7. The predicted molar refractivity (Wildman–Crippen MR) is 50.1 cm³/mol. The van der Waals surface area contributed by atoms with E-state index < -0.39 is 5.79 Å². The number of rotatable bonds is 0. The van der Waals surface area contributed by atoms with E-state index >= 15 is 0 Å². The third kappa shape index (κ3) is 1.06. The van der Waals surface area contributed by atoms with E-state index in [1.807, 2.05) is 24.3 Å². The Labute approximate surface area is 82.6 Å². The topological polar surface area (TPSA) is 27.7 Å². The normalized spacial score (nSPS) is 23.1. The Bertz CT molecular complexity index is 342. The molecule has 0 aliphatic carbocycles. The van der Waals surface area contributed by atoms with Gasteiger partial charge in [0.25, 0.3) is 0 Å². The Kier molecular flexibility index (Phi) is 1.75. The number of benzene rings is 1. The van der Waals surface area contributed by atoms with Crippen LogP contribution in [-0.2, 0) is 15.3 Å². The lowest BCUT2D eigenvalue weighted by Gasteiger charge is -2.33. The first kappa shape index (κ1) is 8.26. The van der Waals surface area contributed by atoms with Crippen molar-refractivity contribution in [2.45, 2.75) is 12.2 Å². The molecule has 1 aromatic rings. The summed E-state index contributed by atoms with van der Waals surface area (Å²) in [6.45, 7) is 2.01. The molecular formula is C11H12O3. The van der Waals surface area contributed by atoms with Crippen molar-refractivity contribution in [3.05, 3.63) is 29.8 Å². The summed E-state index contributed by atoms with van der Waals surface area (Å²) in [4.78, 5) is 0. The van der Waals surface area contributed by atoms with Gasteiger partial charge in [0.05, 0.1) is 25.4 Å². The SMILES string of the molecule is c1ccc2c(c1)OCCC21OCCO1. The lowest BCUT2D eigenvalue weighted by molar-refractivity contribution is -0.183. The lowest BCUT2D eigenvalue weighted by Crippen LogP contribution is -2.33. The zero-order chi connectivity index (χ0) is 9.43. The Morgan fingerprint density at radius 1 is 1.00 bits per heavy atom. The molecule has 1 fully saturated rings. The van der Waals surface area contributed by atoms with E-state index in [1.165, 1.54) is 0 Å². The minimum Gasteiger partial charge on any atom is -0.493 e. The molecular weight excluding hydrogens is 180 g/mol. The molecule has 3 heteroatoms. The van der Waals surface area contributed by atoms with Gasteiger partial charge in [-0.05, 0) is 12.1 Å². The fourth-order valence-electron chi connectivity index (χ4n) is 2.09. The second kappa shape index (κ2) is 2.97. The van der Waals surface area contributed by atoms with Crippen molar-refractivity contribution >= 4 is 0 Å². The maximum Gasteiger partial charge on any atom is 0.201 e. The Morgan fingerprint density at radius 3 is 2.64 bits per heavy atom. The third-order valence-electron chi connectivity index (χ3n) is 2.74. The van der Waals surface area contributed by atoms with Crippen LogP contribution in [0.1, 0.15) is 12.0 Å². The van der Waals surface area contributed by atoms with Crippen molar-refractivity contribution in [3.63, 3.8) is 0 Å². The molecule has 0 saturated carbocycles. The quantitative estimate of drug-likeness (QED) is 0.625.